The van der Waals surface area contributed by atoms with E-state index in [-0.39, 0.29) is 17.1 Å². The molecule has 15 atom stereocenters. The molecule has 13 N–H and O–H groups in total. The summed E-state index contributed by atoms with van der Waals surface area (Å²) >= 11 is 0. The normalized spacial score (nSPS) is 37.8. The van der Waals surface area contributed by atoms with Crippen LogP contribution in [0.3, 0.4) is 0 Å². The van der Waals surface area contributed by atoms with Gasteiger partial charge in [0.1, 0.15) is 113 Å². The highest BCUT2D eigenvalue weighted by molar-refractivity contribution is 5.88. The summed E-state index contributed by atoms with van der Waals surface area (Å²) in [5.74, 6) is -1.67. The zero-order valence-corrected chi connectivity index (χ0v) is 27.4. The molecule has 292 valence electrons. The monoisotopic (exact) mass is 756 g/mol. The van der Waals surface area contributed by atoms with Gasteiger partial charge in [0.2, 0.25) is 6.29 Å². The second-order valence-corrected chi connectivity index (χ2v) is 12.9. The van der Waals surface area contributed by atoms with E-state index >= 15 is 0 Å². The summed E-state index contributed by atoms with van der Waals surface area (Å²) in [7, 11) is 0. The van der Waals surface area contributed by atoms with Crippen molar-refractivity contribution in [2.45, 2.75) is 91.9 Å². The second-order valence-electron chi connectivity index (χ2n) is 12.9. The number of aliphatic hydroxyl groups excluding tert-OH is 11. The molecular formula is C33H40O20. The van der Waals surface area contributed by atoms with Gasteiger partial charge < -0.3 is 94.5 Å². The van der Waals surface area contributed by atoms with Crippen molar-refractivity contribution in [2.75, 3.05) is 19.8 Å². The van der Waals surface area contributed by atoms with Gasteiger partial charge in [0.25, 0.3) is 0 Å². The van der Waals surface area contributed by atoms with Crippen LogP contribution in [0, 0.1) is 0 Å². The topological polar surface area (TPSA) is 339 Å². The van der Waals surface area contributed by atoms with Crippen LogP contribution in [0.25, 0.3) is 22.3 Å². The fourth-order valence-corrected chi connectivity index (χ4v) is 6.53. The average Bonchev–Trinajstić information content (AvgIpc) is 3.14. The molecule has 0 bridgehead atoms. The van der Waals surface area contributed by atoms with Crippen molar-refractivity contribution in [3.8, 4) is 28.6 Å². The fourth-order valence-electron chi connectivity index (χ4n) is 6.53. The molecule has 6 rings (SSSR count). The van der Waals surface area contributed by atoms with Gasteiger partial charge in [-0.25, -0.2) is 0 Å². The molecular weight excluding hydrogens is 716 g/mol. The maximum Gasteiger partial charge on any atom is 0.229 e. The van der Waals surface area contributed by atoms with E-state index in [2.05, 4.69) is 0 Å². The van der Waals surface area contributed by atoms with Gasteiger partial charge in [-0.15, -0.1) is 0 Å². The van der Waals surface area contributed by atoms with Crippen molar-refractivity contribution >= 4 is 11.0 Å². The third-order valence-electron chi connectivity index (χ3n) is 9.53. The van der Waals surface area contributed by atoms with Gasteiger partial charge in [0.05, 0.1) is 25.4 Å². The third kappa shape index (κ3) is 7.21. The molecule has 3 saturated heterocycles. The summed E-state index contributed by atoms with van der Waals surface area (Å²) < 4.78 is 34.4. The smallest absolute Gasteiger partial charge is 0.229 e. The van der Waals surface area contributed by atoms with E-state index in [1.54, 1.807) is 0 Å². The lowest BCUT2D eigenvalue weighted by Crippen LogP contribution is -2.62. The summed E-state index contributed by atoms with van der Waals surface area (Å²) in [5, 5.41) is 136. The Kier molecular flexibility index (Phi) is 11.6. The molecule has 20 heteroatoms. The molecule has 3 aromatic rings. The van der Waals surface area contributed by atoms with E-state index in [1.165, 1.54) is 24.3 Å². The van der Waals surface area contributed by atoms with Crippen molar-refractivity contribution in [1.82, 2.24) is 0 Å². The SMILES string of the molecule is O=c1cc(-c2ccc(O)cc2)oc2cc(O[C@@H]3OC(CO)[C@H](O)[C@H](O)C3O)c([C@@H]3OC(CO)[C@@H](O)[C@H](O)C3O[C@@H]3OC(CO)[C@@H](O)[C@H](O)C3O)c(O)c12. The lowest BCUT2D eigenvalue weighted by molar-refractivity contribution is -0.342. The van der Waals surface area contributed by atoms with Gasteiger partial charge in [-0.1, -0.05) is 0 Å². The van der Waals surface area contributed by atoms with Gasteiger partial charge in [-0.05, 0) is 24.3 Å². The van der Waals surface area contributed by atoms with Crippen molar-refractivity contribution in [3.05, 3.63) is 52.2 Å². The number of benzene rings is 2. The van der Waals surface area contributed by atoms with Crippen LogP contribution in [0.15, 0.2) is 45.6 Å². The first-order chi connectivity index (χ1) is 25.2. The number of ether oxygens (including phenoxy) is 5. The number of hydrogen-bond donors (Lipinski definition) is 13. The first-order valence-corrected chi connectivity index (χ1v) is 16.4. The molecule has 2 aromatic carbocycles. The Labute approximate surface area is 298 Å². The maximum absolute atomic E-state index is 13.6. The molecule has 0 radical (unpaired) electrons. The van der Waals surface area contributed by atoms with Gasteiger partial charge in [-0.2, -0.15) is 0 Å². The molecule has 3 aliphatic rings. The van der Waals surface area contributed by atoms with Crippen LogP contribution in [0.1, 0.15) is 11.7 Å². The van der Waals surface area contributed by atoms with E-state index in [4.69, 9.17) is 28.1 Å². The van der Waals surface area contributed by atoms with Crippen LogP contribution in [0.2, 0.25) is 0 Å². The number of fused-ring (bicyclic) bond motifs is 1. The predicted molar refractivity (Wildman–Crippen MR) is 171 cm³/mol. The lowest BCUT2D eigenvalue weighted by Gasteiger charge is -2.46. The van der Waals surface area contributed by atoms with Crippen LogP contribution >= 0.6 is 0 Å². The molecule has 3 fully saturated rings. The Morgan fingerprint density at radius 3 is 1.74 bits per heavy atom. The molecule has 0 saturated carbocycles. The summed E-state index contributed by atoms with van der Waals surface area (Å²) in [5.41, 5.74) is -1.48. The van der Waals surface area contributed by atoms with Crippen LogP contribution in [-0.2, 0) is 18.9 Å². The highest BCUT2D eigenvalue weighted by Crippen LogP contribution is 2.47. The minimum absolute atomic E-state index is 0.0509. The Morgan fingerprint density at radius 1 is 0.623 bits per heavy atom. The Bertz CT molecular complexity index is 1780. The molecule has 53 heavy (non-hydrogen) atoms. The van der Waals surface area contributed by atoms with Crippen LogP contribution in [0.5, 0.6) is 17.2 Å². The predicted octanol–water partition coefficient (Wildman–Crippen LogP) is -4.61. The number of phenols is 2. The molecule has 0 aliphatic carbocycles. The van der Waals surface area contributed by atoms with E-state index in [0.29, 0.717) is 5.56 Å². The minimum Gasteiger partial charge on any atom is -0.508 e. The minimum atomic E-state index is -2.07. The van der Waals surface area contributed by atoms with Gasteiger partial charge in [-0.3, -0.25) is 4.79 Å². The van der Waals surface area contributed by atoms with Crippen LogP contribution in [-0.4, -0.2) is 172 Å². The van der Waals surface area contributed by atoms with E-state index in [1.807, 2.05) is 0 Å². The lowest BCUT2D eigenvalue weighted by atomic mass is 9.89. The fraction of sp³-hybridized carbons (Fsp3) is 0.545. The van der Waals surface area contributed by atoms with Gasteiger partial charge in [0, 0.05) is 17.7 Å². The quantitative estimate of drug-likeness (QED) is 0.0976. The second kappa shape index (κ2) is 15.7. The zero-order valence-electron chi connectivity index (χ0n) is 27.4. The van der Waals surface area contributed by atoms with E-state index in [0.717, 1.165) is 12.1 Å². The van der Waals surface area contributed by atoms with Crippen LogP contribution in [0.4, 0.5) is 0 Å². The standard InChI is InChI=1S/C33H40O20/c34-7-16-23(41)27(45)31(53-33-29(47)26(44)22(40)18(9-36)52-33)30(49-16)20-15(50-32-28(46)25(43)21(39)17(8-35)51-32)6-14-19(24(20)42)12(38)5-13(48-14)10-1-3-11(37)4-2-10/h1-6,16-18,21-23,25-37,39-47H,7-9H2/t16?,17?,18?,21-,22+,23+,25-,26-,27-,28?,29?,30-,31?,32+,33-/m0/s1. The highest BCUT2D eigenvalue weighted by atomic mass is 16.7. The number of rotatable bonds is 9. The number of aliphatic hydroxyl groups is 11. The number of phenolic OH excluding ortho intramolecular Hbond substituents is 2. The summed E-state index contributed by atoms with van der Waals surface area (Å²) in [6, 6.07) is 7.53. The zero-order chi connectivity index (χ0) is 38.5. The molecule has 20 nitrogen and oxygen atoms in total. The average molecular weight is 757 g/mol. The first kappa shape index (κ1) is 39.2. The van der Waals surface area contributed by atoms with Crippen molar-refractivity contribution in [2.24, 2.45) is 0 Å². The van der Waals surface area contributed by atoms with Crippen molar-refractivity contribution < 1.29 is 94.5 Å². The first-order valence-electron chi connectivity index (χ1n) is 16.4. The molecule has 0 spiro atoms. The van der Waals surface area contributed by atoms with Crippen molar-refractivity contribution in [1.29, 1.82) is 0 Å². The Balaban J connectivity index is 1.52. The molecule has 0 amide bonds. The largest absolute Gasteiger partial charge is 0.508 e. The molecule has 6 unspecified atom stereocenters. The molecule has 1 aromatic heterocycles. The number of aromatic hydroxyl groups is 2. The van der Waals surface area contributed by atoms with E-state index < -0.39 is 140 Å². The Morgan fingerprint density at radius 2 is 1.15 bits per heavy atom. The third-order valence-corrected chi connectivity index (χ3v) is 9.53. The molecule has 3 aliphatic heterocycles. The summed E-state index contributed by atoms with van der Waals surface area (Å²) in [6.45, 7) is -2.65. The van der Waals surface area contributed by atoms with Gasteiger partial charge >= 0.3 is 0 Å². The number of hydrogen-bond acceptors (Lipinski definition) is 20. The summed E-state index contributed by atoms with van der Waals surface area (Å²) in [6.07, 6.45) is -27.9. The molecule has 4 heterocycles. The van der Waals surface area contributed by atoms with Gasteiger partial charge in [0.15, 0.2) is 11.7 Å². The Hall–Kier alpha value is -3.55. The van der Waals surface area contributed by atoms with Crippen molar-refractivity contribution in [3.63, 3.8) is 0 Å². The summed E-state index contributed by atoms with van der Waals surface area (Å²) in [4.78, 5) is 13.6. The maximum atomic E-state index is 13.6. The van der Waals surface area contributed by atoms with E-state index in [9.17, 15) is 71.2 Å². The van der Waals surface area contributed by atoms with Crippen LogP contribution < -0.4 is 10.2 Å². The highest BCUT2D eigenvalue weighted by Gasteiger charge is 2.53.